The first-order valence-electron chi connectivity index (χ1n) is 13.2. The van der Waals surface area contributed by atoms with E-state index in [0.29, 0.717) is 17.9 Å². The van der Waals surface area contributed by atoms with Crippen molar-refractivity contribution < 1.29 is 14.3 Å². The summed E-state index contributed by atoms with van der Waals surface area (Å²) in [6, 6.07) is 7.42. The summed E-state index contributed by atoms with van der Waals surface area (Å²) in [7, 11) is 1.76. The Labute approximate surface area is 223 Å². The van der Waals surface area contributed by atoms with E-state index in [1.165, 1.54) is 36.9 Å². The van der Waals surface area contributed by atoms with Gasteiger partial charge in [0, 0.05) is 30.6 Å². The van der Waals surface area contributed by atoms with Crippen LogP contribution >= 0.6 is 34.8 Å². The molecule has 5 nitrogen and oxygen atoms in total. The van der Waals surface area contributed by atoms with Gasteiger partial charge in [-0.3, -0.25) is 4.90 Å². The second-order valence-corrected chi connectivity index (χ2v) is 14.0. The first-order valence-corrected chi connectivity index (χ1v) is 14.3. The fourth-order valence-electron chi connectivity index (χ4n) is 7.97. The van der Waals surface area contributed by atoms with Crippen LogP contribution in [0.3, 0.4) is 0 Å². The number of halogens is 3. The molecule has 0 radical (unpaired) electrons. The average Bonchev–Trinajstić information content (AvgIpc) is 3.42. The fraction of sp³-hybridized carbons (Fsp3) is 0.741. The van der Waals surface area contributed by atoms with Gasteiger partial charge in [-0.1, -0.05) is 40.9 Å². The molecule has 3 aliphatic heterocycles. The summed E-state index contributed by atoms with van der Waals surface area (Å²) < 4.78 is 9.62. The number of hydrogen-bond acceptors (Lipinski definition) is 4. The maximum absolute atomic E-state index is 13.3. The second-order valence-electron chi connectivity index (χ2n) is 11.5. The van der Waals surface area contributed by atoms with Gasteiger partial charge in [0.2, 0.25) is 3.79 Å². The van der Waals surface area contributed by atoms with Gasteiger partial charge in [0.15, 0.2) is 0 Å². The number of fused-ring (bicyclic) bond motifs is 3. The topological polar surface area (TPSA) is 42.0 Å². The molecule has 7 rings (SSSR count). The molecule has 1 aromatic carbocycles. The molecule has 4 fully saturated rings. The summed E-state index contributed by atoms with van der Waals surface area (Å²) in [6.45, 7) is 2.88. The van der Waals surface area contributed by atoms with Gasteiger partial charge in [0.1, 0.15) is 12.4 Å². The number of benzene rings is 1. The van der Waals surface area contributed by atoms with E-state index < -0.39 is 3.79 Å². The lowest BCUT2D eigenvalue weighted by molar-refractivity contribution is 0.0861. The van der Waals surface area contributed by atoms with Crippen LogP contribution in [0.5, 0.6) is 5.75 Å². The zero-order valence-corrected chi connectivity index (χ0v) is 22.6. The lowest BCUT2D eigenvalue weighted by Gasteiger charge is -2.43. The van der Waals surface area contributed by atoms with E-state index in [4.69, 9.17) is 44.3 Å². The third kappa shape index (κ3) is 4.53. The molecule has 2 saturated carbocycles. The summed E-state index contributed by atoms with van der Waals surface area (Å²) in [5, 5.41) is 0. The van der Waals surface area contributed by atoms with Gasteiger partial charge in [0.05, 0.1) is 7.11 Å². The van der Waals surface area contributed by atoms with Crippen molar-refractivity contribution in [3.63, 3.8) is 0 Å². The number of ether oxygens (including phenoxy) is 2. The van der Waals surface area contributed by atoms with Gasteiger partial charge < -0.3 is 14.4 Å². The molecule has 1 spiro atoms. The quantitative estimate of drug-likeness (QED) is 0.440. The van der Waals surface area contributed by atoms with Crippen molar-refractivity contribution in [3.05, 3.63) is 29.3 Å². The molecule has 8 heteroatoms. The number of nitrogens with zero attached hydrogens (tertiary/aromatic N) is 2. The van der Waals surface area contributed by atoms with Crippen LogP contribution in [0.25, 0.3) is 0 Å². The molecular weight excluding hydrogens is 507 g/mol. The fourth-order valence-corrected chi connectivity index (χ4v) is 8.14. The van der Waals surface area contributed by atoms with Crippen molar-refractivity contribution in [2.24, 2.45) is 17.8 Å². The molecule has 3 heterocycles. The van der Waals surface area contributed by atoms with Gasteiger partial charge >= 0.3 is 6.09 Å². The highest BCUT2D eigenvalue weighted by Crippen LogP contribution is 2.60. The van der Waals surface area contributed by atoms with Gasteiger partial charge in [0.25, 0.3) is 0 Å². The second kappa shape index (κ2) is 9.15. The minimum absolute atomic E-state index is 0.0561. The Bertz CT molecular complexity index is 981. The molecule has 2 bridgehead atoms. The normalized spacial score (nSPS) is 34.5. The van der Waals surface area contributed by atoms with Crippen LogP contribution in [-0.2, 0) is 16.6 Å². The van der Waals surface area contributed by atoms with Gasteiger partial charge in [-0.15, -0.1) is 0 Å². The number of carbonyl (C=O) groups is 1. The van der Waals surface area contributed by atoms with Gasteiger partial charge in [-0.05, 0) is 98.9 Å². The Morgan fingerprint density at radius 1 is 1.14 bits per heavy atom. The predicted molar refractivity (Wildman–Crippen MR) is 139 cm³/mol. The smallest absolute Gasteiger partial charge is 0.410 e. The van der Waals surface area contributed by atoms with Crippen molar-refractivity contribution in [2.75, 3.05) is 33.4 Å². The minimum Gasteiger partial charge on any atom is -0.497 e. The molecule has 6 aliphatic rings. The summed E-state index contributed by atoms with van der Waals surface area (Å²) in [5.41, 5.74) is 3.01. The van der Waals surface area contributed by atoms with Crippen LogP contribution < -0.4 is 4.74 Å². The van der Waals surface area contributed by atoms with Crippen molar-refractivity contribution in [3.8, 4) is 5.75 Å². The molecule has 3 aliphatic carbocycles. The van der Waals surface area contributed by atoms with Crippen molar-refractivity contribution in [2.45, 2.75) is 72.7 Å². The van der Waals surface area contributed by atoms with Crippen LogP contribution in [-0.4, -0.2) is 65.1 Å². The highest BCUT2D eigenvalue weighted by molar-refractivity contribution is 6.67. The van der Waals surface area contributed by atoms with Crippen LogP contribution in [0.1, 0.15) is 56.1 Å². The molecule has 5 atom stereocenters. The van der Waals surface area contributed by atoms with Crippen LogP contribution in [0.15, 0.2) is 18.2 Å². The maximum atomic E-state index is 13.3. The minimum atomic E-state index is -1.60. The van der Waals surface area contributed by atoms with E-state index in [9.17, 15) is 4.79 Å². The Balaban J connectivity index is 1.40. The lowest BCUT2D eigenvalue weighted by atomic mass is 9.64. The first kappa shape index (κ1) is 24.5. The van der Waals surface area contributed by atoms with Crippen LogP contribution in [0, 0.1) is 17.8 Å². The number of methoxy groups -OCH3 is 1. The lowest BCUT2D eigenvalue weighted by Crippen LogP contribution is -2.46. The van der Waals surface area contributed by atoms with Gasteiger partial charge in [-0.25, -0.2) is 4.79 Å². The molecule has 1 amide bonds. The highest BCUT2D eigenvalue weighted by atomic mass is 35.6. The molecule has 0 aromatic heterocycles. The number of alkyl halides is 3. The zero-order chi connectivity index (χ0) is 24.4. The van der Waals surface area contributed by atoms with Crippen molar-refractivity contribution in [1.29, 1.82) is 0 Å². The number of amides is 1. The molecule has 2 saturated heterocycles. The van der Waals surface area contributed by atoms with Crippen LogP contribution in [0.2, 0.25) is 0 Å². The number of hydrogen-bond donors (Lipinski definition) is 0. The Morgan fingerprint density at radius 3 is 2.71 bits per heavy atom. The predicted octanol–water partition coefficient (Wildman–Crippen LogP) is 5.97. The summed E-state index contributed by atoms with van der Waals surface area (Å²) in [5.74, 6) is 2.71. The molecule has 4 unspecified atom stereocenters. The summed E-state index contributed by atoms with van der Waals surface area (Å²) >= 11 is 17.7. The SMILES string of the molecule is COc1ccc2c(c1)C13CC[C@@H]4CN(C(=O)OCC(Cl)(Cl)Cl)C(CCC(C2)N(CC2CC2)CC1)C43. The number of rotatable bonds is 4. The van der Waals surface area contributed by atoms with E-state index in [2.05, 4.69) is 23.1 Å². The maximum Gasteiger partial charge on any atom is 0.410 e. The Kier molecular flexibility index (Phi) is 6.39. The molecular formula is C27H35Cl3N2O3. The van der Waals surface area contributed by atoms with E-state index in [0.717, 1.165) is 56.9 Å². The third-order valence-electron chi connectivity index (χ3n) is 9.60. The third-order valence-corrected chi connectivity index (χ3v) is 9.93. The summed E-state index contributed by atoms with van der Waals surface area (Å²) in [4.78, 5) is 18.0. The monoisotopic (exact) mass is 540 g/mol. The molecule has 35 heavy (non-hydrogen) atoms. The largest absolute Gasteiger partial charge is 0.497 e. The first-order chi connectivity index (χ1) is 16.8. The number of likely N-dealkylation sites (tertiary alicyclic amines) is 1. The zero-order valence-electron chi connectivity index (χ0n) is 20.4. The van der Waals surface area contributed by atoms with Crippen LogP contribution in [0.4, 0.5) is 4.79 Å². The van der Waals surface area contributed by atoms with Crippen molar-refractivity contribution in [1.82, 2.24) is 9.80 Å². The molecule has 0 N–H and O–H groups in total. The Hall–Kier alpha value is -0.880. The van der Waals surface area contributed by atoms with Gasteiger partial charge in [-0.2, -0.15) is 0 Å². The van der Waals surface area contributed by atoms with Crippen molar-refractivity contribution >= 4 is 40.9 Å². The molecule has 1 aromatic rings. The standard InChI is InChI=1S/C27H35Cl3N2O3/c1-34-21-6-4-18-12-20-5-7-23-24-19(15-32(23)25(33)35-16-27(28,29)30)8-9-26(24,22(18)13-21)10-11-31(20)14-17-2-3-17/h4,6,13,17,19-20,23-24H,2-3,5,7-12,14-16H2,1H3/t19-,20?,23?,24?,26?/m1/s1. The van der Waals surface area contributed by atoms with E-state index in [1.807, 2.05) is 4.90 Å². The van der Waals surface area contributed by atoms with E-state index in [1.54, 1.807) is 7.11 Å². The summed E-state index contributed by atoms with van der Waals surface area (Å²) in [6.07, 6.45) is 9.05. The van der Waals surface area contributed by atoms with E-state index in [-0.39, 0.29) is 24.2 Å². The van der Waals surface area contributed by atoms with E-state index >= 15 is 0 Å². The highest BCUT2D eigenvalue weighted by Gasteiger charge is 2.60. The average molecular weight is 542 g/mol. The Morgan fingerprint density at radius 2 is 1.97 bits per heavy atom. The number of carbonyl (C=O) groups excluding carboxylic acids is 1. The molecule has 192 valence electrons.